The molecule has 1 heterocycles. The lowest BCUT2D eigenvalue weighted by molar-refractivity contribution is -0.181. The van der Waals surface area contributed by atoms with Crippen LogP contribution in [0, 0.1) is 6.61 Å². The Labute approximate surface area is 54.9 Å². The summed E-state index contributed by atoms with van der Waals surface area (Å²) >= 11 is 0. The van der Waals surface area contributed by atoms with Crippen LogP contribution in [0.25, 0.3) is 0 Å². The fourth-order valence-corrected chi connectivity index (χ4v) is 0.830. The van der Waals surface area contributed by atoms with Crippen LogP contribution >= 0.6 is 0 Å². The topological polar surface area (TPSA) is 27.7 Å². The Hall–Kier alpha value is -0.120. The van der Waals surface area contributed by atoms with Gasteiger partial charge in [0.1, 0.15) is 6.61 Å². The Kier molecular flexibility index (Phi) is 2.05. The molecule has 3 nitrogen and oxygen atoms in total. The summed E-state index contributed by atoms with van der Waals surface area (Å²) in [6.07, 6.45) is 0.778. The zero-order chi connectivity index (χ0) is 6.74. The molecule has 0 aromatic carbocycles. The molecule has 0 bridgehead atoms. The van der Waals surface area contributed by atoms with E-state index in [9.17, 15) is 0 Å². The summed E-state index contributed by atoms with van der Waals surface area (Å²) in [6.45, 7) is 2.27. The average molecular weight is 131 g/mol. The Balaban J connectivity index is 2.45. The molecule has 0 unspecified atom stereocenters. The summed E-state index contributed by atoms with van der Waals surface area (Å²) in [5.74, 6) is -0.569. The Morgan fingerprint density at radius 2 is 2.11 bits per heavy atom. The largest absolute Gasteiger partial charge is 0.369 e. The van der Waals surface area contributed by atoms with E-state index in [0.717, 1.165) is 6.42 Å². The van der Waals surface area contributed by atoms with Crippen molar-refractivity contribution in [1.29, 1.82) is 0 Å². The van der Waals surface area contributed by atoms with E-state index in [-0.39, 0.29) is 0 Å². The van der Waals surface area contributed by atoms with Crippen LogP contribution < -0.4 is 0 Å². The van der Waals surface area contributed by atoms with Crippen molar-refractivity contribution in [3.63, 3.8) is 0 Å². The molecule has 3 heteroatoms. The van der Waals surface area contributed by atoms with Gasteiger partial charge in [-0.2, -0.15) is 0 Å². The van der Waals surface area contributed by atoms with Crippen molar-refractivity contribution >= 4 is 0 Å². The van der Waals surface area contributed by atoms with Crippen LogP contribution in [0.2, 0.25) is 0 Å². The summed E-state index contributed by atoms with van der Waals surface area (Å²) < 4.78 is 15.1. The second kappa shape index (κ2) is 2.64. The summed E-state index contributed by atoms with van der Waals surface area (Å²) in [5, 5.41) is 0. The zero-order valence-corrected chi connectivity index (χ0v) is 5.72. The summed E-state index contributed by atoms with van der Waals surface area (Å²) in [6, 6.07) is 0. The van der Waals surface area contributed by atoms with E-state index < -0.39 is 5.79 Å². The molecule has 0 aromatic heterocycles. The highest BCUT2D eigenvalue weighted by atomic mass is 16.7. The standard InChI is InChI=1S/C6H11O3/c1-7-6(8-2)3-4-9-5-6/h5H,3-4H2,1-2H3. The molecule has 1 aliphatic rings. The summed E-state index contributed by atoms with van der Waals surface area (Å²) in [4.78, 5) is 0. The van der Waals surface area contributed by atoms with Crippen molar-refractivity contribution < 1.29 is 14.2 Å². The fraction of sp³-hybridized carbons (Fsp3) is 0.833. The first-order valence-electron chi connectivity index (χ1n) is 2.89. The fourth-order valence-electron chi connectivity index (χ4n) is 0.830. The van der Waals surface area contributed by atoms with Crippen LogP contribution in [0.4, 0.5) is 0 Å². The molecular weight excluding hydrogens is 120 g/mol. The maximum Gasteiger partial charge on any atom is 0.199 e. The predicted molar refractivity (Wildman–Crippen MR) is 31.6 cm³/mol. The van der Waals surface area contributed by atoms with Crippen molar-refractivity contribution in [3.05, 3.63) is 6.61 Å². The third-order valence-electron chi connectivity index (χ3n) is 1.52. The van der Waals surface area contributed by atoms with E-state index in [1.54, 1.807) is 20.8 Å². The van der Waals surface area contributed by atoms with Crippen LogP contribution in [0.1, 0.15) is 6.42 Å². The highest BCUT2D eigenvalue weighted by Crippen LogP contribution is 2.26. The Bertz CT molecular complexity index is 80.3. The minimum absolute atomic E-state index is 0.569. The monoisotopic (exact) mass is 131 g/mol. The lowest BCUT2D eigenvalue weighted by atomic mass is 10.2. The van der Waals surface area contributed by atoms with Gasteiger partial charge < -0.3 is 14.2 Å². The predicted octanol–water partition coefficient (Wildman–Crippen LogP) is 0.558. The van der Waals surface area contributed by atoms with Crippen molar-refractivity contribution in [2.45, 2.75) is 12.2 Å². The van der Waals surface area contributed by atoms with Gasteiger partial charge in [-0.15, -0.1) is 0 Å². The Morgan fingerprint density at radius 1 is 1.44 bits per heavy atom. The van der Waals surface area contributed by atoms with E-state index >= 15 is 0 Å². The third kappa shape index (κ3) is 1.23. The molecule has 9 heavy (non-hydrogen) atoms. The van der Waals surface area contributed by atoms with Gasteiger partial charge >= 0.3 is 0 Å². The maximum absolute atomic E-state index is 5.05. The van der Waals surface area contributed by atoms with Crippen molar-refractivity contribution in [2.24, 2.45) is 0 Å². The molecule has 0 spiro atoms. The molecule has 0 aromatic rings. The molecule has 1 aliphatic heterocycles. The molecule has 1 saturated heterocycles. The molecule has 1 fully saturated rings. The Morgan fingerprint density at radius 3 is 2.33 bits per heavy atom. The highest BCUT2D eigenvalue weighted by molar-refractivity contribution is 4.83. The second-order valence-corrected chi connectivity index (χ2v) is 1.96. The van der Waals surface area contributed by atoms with Gasteiger partial charge in [0.25, 0.3) is 0 Å². The SMILES string of the molecule is COC1(OC)[CH]OCC1. The van der Waals surface area contributed by atoms with Crippen LogP contribution in [-0.4, -0.2) is 26.6 Å². The lowest BCUT2D eigenvalue weighted by Gasteiger charge is -2.22. The number of hydrogen-bond acceptors (Lipinski definition) is 3. The van der Waals surface area contributed by atoms with E-state index in [2.05, 4.69) is 0 Å². The molecule has 0 saturated carbocycles. The molecule has 1 rings (SSSR count). The van der Waals surface area contributed by atoms with E-state index in [4.69, 9.17) is 14.2 Å². The summed E-state index contributed by atoms with van der Waals surface area (Å²) in [5.41, 5.74) is 0. The molecule has 1 radical (unpaired) electrons. The summed E-state index contributed by atoms with van der Waals surface area (Å²) in [7, 11) is 3.21. The lowest BCUT2D eigenvalue weighted by Crippen LogP contribution is -2.30. The van der Waals surface area contributed by atoms with Crippen LogP contribution in [-0.2, 0) is 14.2 Å². The average Bonchev–Trinajstić information content (AvgIpc) is 2.36. The zero-order valence-electron chi connectivity index (χ0n) is 5.72. The van der Waals surface area contributed by atoms with Gasteiger partial charge in [0, 0.05) is 20.6 Å². The van der Waals surface area contributed by atoms with Gasteiger partial charge in [-0.1, -0.05) is 0 Å². The van der Waals surface area contributed by atoms with Crippen LogP contribution in [0.15, 0.2) is 0 Å². The number of methoxy groups -OCH3 is 2. The molecule has 0 aliphatic carbocycles. The maximum atomic E-state index is 5.05. The highest BCUT2D eigenvalue weighted by Gasteiger charge is 2.35. The van der Waals surface area contributed by atoms with Gasteiger partial charge in [0.15, 0.2) is 5.79 Å². The smallest absolute Gasteiger partial charge is 0.199 e. The molecule has 53 valence electrons. The number of rotatable bonds is 2. The van der Waals surface area contributed by atoms with Crippen molar-refractivity contribution in [1.82, 2.24) is 0 Å². The molecular formula is C6H11O3. The van der Waals surface area contributed by atoms with Gasteiger partial charge in [-0.25, -0.2) is 0 Å². The van der Waals surface area contributed by atoms with E-state index in [1.165, 1.54) is 0 Å². The minimum Gasteiger partial charge on any atom is -0.369 e. The van der Waals surface area contributed by atoms with E-state index in [1.807, 2.05) is 0 Å². The van der Waals surface area contributed by atoms with Crippen LogP contribution in [0.5, 0.6) is 0 Å². The number of hydrogen-bond donors (Lipinski definition) is 0. The van der Waals surface area contributed by atoms with Gasteiger partial charge in [-0.05, 0) is 0 Å². The first kappa shape index (κ1) is 6.99. The quantitative estimate of drug-likeness (QED) is 0.512. The van der Waals surface area contributed by atoms with E-state index in [0.29, 0.717) is 6.61 Å². The molecule has 0 N–H and O–H groups in total. The first-order valence-corrected chi connectivity index (χ1v) is 2.89. The van der Waals surface area contributed by atoms with Crippen LogP contribution in [0.3, 0.4) is 0 Å². The molecule has 0 amide bonds. The normalized spacial score (nSPS) is 24.7. The molecule has 0 atom stereocenters. The van der Waals surface area contributed by atoms with Crippen molar-refractivity contribution in [3.8, 4) is 0 Å². The van der Waals surface area contributed by atoms with Gasteiger partial charge in [0.2, 0.25) is 0 Å². The second-order valence-electron chi connectivity index (χ2n) is 1.96. The first-order chi connectivity index (χ1) is 4.33. The van der Waals surface area contributed by atoms with Crippen molar-refractivity contribution in [2.75, 3.05) is 20.8 Å². The number of ether oxygens (including phenoxy) is 3. The van der Waals surface area contributed by atoms with Gasteiger partial charge in [-0.3, -0.25) is 0 Å². The minimum atomic E-state index is -0.569. The third-order valence-corrected chi connectivity index (χ3v) is 1.52. The van der Waals surface area contributed by atoms with Gasteiger partial charge in [0.05, 0.1) is 6.61 Å².